The molecule has 1 atom stereocenters. The van der Waals surface area contributed by atoms with Crippen LogP contribution >= 0.6 is 0 Å². The van der Waals surface area contributed by atoms with Gasteiger partial charge in [-0.1, -0.05) is 30.3 Å². The molecule has 4 heteroatoms. The summed E-state index contributed by atoms with van der Waals surface area (Å²) >= 11 is 0. The third-order valence-corrected chi connectivity index (χ3v) is 3.17. The van der Waals surface area contributed by atoms with Gasteiger partial charge >= 0.3 is 0 Å². The van der Waals surface area contributed by atoms with E-state index in [1.807, 2.05) is 42.5 Å². The first kappa shape index (κ1) is 11.9. The van der Waals surface area contributed by atoms with Crippen molar-refractivity contribution in [1.82, 2.24) is 4.98 Å². The zero-order chi connectivity index (χ0) is 13.2. The van der Waals surface area contributed by atoms with Crippen molar-refractivity contribution in [2.45, 2.75) is 12.6 Å². The summed E-state index contributed by atoms with van der Waals surface area (Å²) in [5, 5.41) is 10.4. The highest BCUT2D eigenvalue weighted by molar-refractivity contribution is 5.73. The summed E-state index contributed by atoms with van der Waals surface area (Å²) in [5.74, 6) is 0. The first-order valence-electron chi connectivity index (χ1n) is 6.08. The molecule has 3 N–H and O–H groups in total. The number of nitrogens with two attached hydrogens (primary N) is 1. The molecule has 1 aromatic heterocycles. The van der Waals surface area contributed by atoms with Gasteiger partial charge in [0, 0.05) is 6.54 Å². The van der Waals surface area contributed by atoms with Crippen molar-refractivity contribution in [3.63, 3.8) is 0 Å². The van der Waals surface area contributed by atoms with Crippen molar-refractivity contribution in [2.75, 3.05) is 0 Å². The van der Waals surface area contributed by atoms with Crippen LogP contribution in [-0.4, -0.2) is 10.1 Å². The fraction of sp³-hybridized carbons (Fsp3) is 0.133. The number of nitrogens with zero attached hydrogens (tertiary/aromatic N) is 1. The fourth-order valence-electron chi connectivity index (χ4n) is 2.12. The van der Waals surface area contributed by atoms with E-state index in [-0.39, 0.29) is 0 Å². The van der Waals surface area contributed by atoms with E-state index >= 15 is 0 Å². The van der Waals surface area contributed by atoms with Crippen LogP contribution in [0.25, 0.3) is 11.1 Å². The number of aliphatic hydroxyl groups excluding tert-OH is 1. The molecule has 3 rings (SSSR count). The predicted molar refractivity (Wildman–Crippen MR) is 72.4 cm³/mol. The highest BCUT2D eigenvalue weighted by Crippen LogP contribution is 2.25. The standard InChI is InChI=1S/C15H14N2O2/c16-8-10-2-1-3-11(6-10)15(18)12-4-5-13-14(7-12)19-9-17-13/h1-7,9,15,18H,8,16H2. The minimum absolute atomic E-state index is 0.460. The Morgan fingerprint density at radius 2 is 2.00 bits per heavy atom. The molecule has 0 aliphatic heterocycles. The van der Waals surface area contributed by atoms with Gasteiger partial charge in [-0.05, 0) is 28.8 Å². The maximum atomic E-state index is 10.4. The number of hydrogen-bond acceptors (Lipinski definition) is 4. The second kappa shape index (κ2) is 4.84. The van der Waals surface area contributed by atoms with E-state index in [9.17, 15) is 5.11 Å². The van der Waals surface area contributed by atoms with Gasteiger partial charge in [-0.25, -0.2) is 4.98 Å². The number of aromatic nitrogens is 1. The predicted octanol–water partition coefficient (Wildman–Crippen LogP) is 2.37. The zero-order valence-corrected chi connectivity index (χ0v) is 10.3. The Morgan fingerprint density at radius 3 is 2.84 bits per heavy atom. The monoisotopic (exact) mass is 254 g/mol. The normalized spacial score (nSPS) is 12.7. The smallest absolute Gasteiger partial charge is 0.181 e. The van der Waals surface area contributed by atoms with Gasteiger partial charge in [0.15, 0.2) is 12.0 Å². The molecular formula is C15H14N2O2. The van der Waals surface area contributed by atoms with E-state index in [2.05, 4.69) is 4.98 Å². The summed E-state index contributed by atoms with van der Waals surface area (Å²) in [7, 11) is 0. The minimum atomic E-state index is -0.694. The molecule has 0 spiro atoms. The molecule has 19 heavy (non-hydrogen) atoms. The van der Waals surface area contributed by atoms with E-state index in [0.717, 1.165) is 22.2 Å². The third kappa shape index (κ3) is 2.23. The number of benzene rings is 2. The molecule has 0 saturated heterocycles. The second-order valence-electron chi connectivity index (χ2n) is 4.43. The van der Waals surface area contributed by atoms with Crippen LogP contribution in [0.4, 0.5) is 0 Å². The lowest BCUT2D eigenvalue weighted by atomic mass is 9.99. The van der Waals surface area contributed by atoms with Crippen LogP contribution in [0.5, 0.6) is 0 Å². The molecule has 0 aliphatic carbocycles. The van der Waals surface area contributed by atoms with Crippen LogP contribution < -0.4 is 5.73 Å². The maximum Gasteiger partial charge on any atom is 0.181 e. The van der Waals surface area contributed by atoms with Crippen LogP contribution in [0.15, 0.2) is 53.3 Å². The molecule has 1 unspecified atom stereocenters. The number of rotatable bonds is 3. The summed E-state index contributed by atoms with van der Waals surface area (Å²) in [4.78, 5) is 4.05. The molecule has 0 saturated carbocycles. The number of hydrogen-bond donors (Lipinski definition) is 2. The maximum absolute atomic E-state index is 10.4. The Labute approximate surface area is 110 Å². The van der Waals surface area contributed by atoms with Crippen LogP contribution in [0, 0.1) is 0 Å². The summed E-state index contributed by atoms with van der Waals surface area (Å²) in [5.41, 5.74) is 9.66. The van der Waals surface area contributed by atoms with Crippen molar-refractivity contribution in [3.8, 4) is 0 Å². The average molecular weight is 254 g/mol. The van der Waals surface area contributed by atoms with Crippen molar-refractivity contribution in [3.05, 3.63) is 65.5 Å². The van der Waals surface area contributed by atoms with Gasteiger partial charge in [0.05, 0.1) is 0 Å². The van der Waals surface area contributed by atoms with Crippen LogP contribution in [0.3, 0.4) is 0 Å². The minimum Gasteiger partial charge on any atom is -0.443 e. The Morgan fingerprint density at radius 1 is 1.16 bits per heavy atom. The number of aliphatic hydroxyl groups is 1. The highest BCUT2D eigenvalue weighted by Gasteiger charge is 2.12. The lowest BCUT2D eigenvalue weighted by Gasteiger charge is -2.12. The van der Waals surface area contributed by atoms with Gasteiger partial charge in [-0.2, -0.15) is 0 Å². The Kier molecular flexibility index (Phi) is 3.03. The van der Waals surface area contributed by atoms with E-state index in [0.29, 0.717) is 12.1 Å². The average Bonchev–Trinajstić information content (AvgIpc) is 2.94. The molecule has 0 fully saturated rings. The van der Waals surface area contributed by atoms with Crippen molar-refractivity contribution < 1.29 is 9.52 Å². The molecule has 4 nitrogen and oxygen atoms in total. The Hall–Kier alpha value is -2.17. The van der Waals surface area contributed by atoms with E-state index in [4.69, 9.17) is 10.2 Å². The van der Waals surface area contributed by atoms with Crippen LogP contribution in [0.1, 0.15) is 22.8 Å². The quantitative estimate of drug-likeness (QED) is 0.752. The Balaban J connectivity index is 1.99. The van der Waals surface area contributed by atoms with E-state index in [1.165, 1.54) is 6.39 Å². The van der Waals surface area contributed by atoms with Gasteiger partial charge in [0.2, 0.25) is 0 Å². The van der Waals surface area contributed by atoms with Crippen LogP contribution in [0.2, 0.25) is 0 Å². The molecule has 0 bridgehead atoms. The van der Waals surface area contributed by atoms with Crippen LogP contribution in [-0.2, 0) is 6.54 Å². The lowest BCUT2D eigenvalue weighted by molar-refractivity contribution is 0.220. The third-order valence-electron chi connectivity index (χ3n) is 3.17. The van der Waals surface area contributed by atoms with Gasteiger partial charge in [0.25, 0.3) is 0 Å². The first-order valence-corrected chi connectivity index (χ1v) is 6.08. The van der Waals surface area contributed by atoms with Gasteiger partial charge < -0.3 is 15.3 Å². The first-order chi connectivity index (χ1) is 9.28. The number of oxazole rings is 1. The van der Waals surface area contributed by atoms with Gasteiger partial charge in [-0.15, -0.1) is 0 Å². The van der Waals surface area contributed by atoms with Crippen molar-refractivity contribution in [1.29, 1.82) is 0 Å². The molecule has 0 amide bonds. The summed E-state index contributed by atoms with van der Waals surface area (Å²) in [6.07, 6.45) is 0.705. The zero-order valence-electron chi connectivity index (χ0n) is 10.3. The summed E-state index contributed by atoms with van der Waals surface area (Å²) in [6.45, 7) is 0.460. The van der Waals surface area contributed by atoms with Gasteiger partial charge in [0.1, 0.15) is 11.6 Å². The molecule has 96 valence electrons. The summed E-state index contributed by atoms with van der Waals surface area (Å²) < 4.78 is 5.25. The lowest BCUT2D eigenvalue weighted by Crippen LogP contribution is -2.02. The van der Waals surface area contributed by atoms with E-state index in [1.54, 1.807) is 0 Å². The molecular weight excluding hydrogens is 240 g/mol. The Bertz CT molecular complexity index is 706. The largest absolute Gasteiger partial charge is 0.443 e. The highest BCUT2D eigenvalue weighted by atomic mass is 16.3. The molecule has 0 radical (unpaired) electrons. The van der Waals surface area contributed by atoms with Crippen molar-refractivity contribution >= 4 is 11.1 Å². The van der Waals surface area contributed by atoms with E-state index < -0.39 is 6.10 Å². The molecule has 1 heterocycles. The molecule has 2 aromatic carbocycles. The summed E-state index contributed by atoms with van der Waals surface area (Å²) in [6, 6.07) is 13.1. The van der Waals surface area contributed by atoms with Gasteiger partial charge in [-0.3, -0.25) is 0 Å². The number of fused-ring (bicyclic) bond motifs is 1. The fourth-order valence-corrected chi connectivity index (χ4v) is 2.12. The SMILES string of the molecule is NCc1cccc(C(O)c2ccc3ncoc3c2)c1. The molecule has 3 aromatic rings. The second-order valence-corrected chi connectivity index (χ2v) is 4.43. The van der Waals surface area contributed by atoms with Crippen molar-refractivity contribution in [2.24, 2.45) is 5.73 Å². The molecule has 0 aliphatic rings. The topological polar surface area (TPSA) is 72.3 Å².